The third-order valence-corrected chi connectivity index (χ3v) is 5.21. The first-order valence-electron chi connectivity index (χ1n) is 10.2. The highest BCUT2D eigenvalue weighted by Crippen LogP contribution is 2.24. The van der Waals surface area contributed by atoms with Crippen LogP contribution in [0.5, 0.6) is 0 Å². The lowest BCUT2D eigenvalue weighted by Crippen LogP contribution is -2.40. The lowest BCUT2D eigenvalue weighted by molar-refractivity contribution is 0.0303. The maximum absolute atomic E-state index is 13.7. The Labute approximate surface area is 181 Å². The van der Waals surface area contributed by atoms with Crippen molar-refractivity contribution in [3.05, 3.63) is 89.5 Å². The maximum atomic E-state index is 13.7. The van der Waals surface area contributed by atoms with E-state index in [0.29, 0.717) is 43.2 Å². The van der Waals surface area contributed by atoms with Crippen LogP contribution in [-0.2, 0) is 4.74 Å². The average molecular weight is 417 g/mol. The molecule has 6 heteroatoms. The van der Waals surface area contributed by atoms with Crippen molar-refractivity contribution in [1.29, 1.82) is 0 Å². The van der Waals surface area contributed by atoms with Crippen LogP contribution in [0.2, 0.25) is 0 Å². The zero-order chi connectivity index (χ0) is 21.6. The summed E-state index contributed by atoms with van der Waals surface area (Å²) in [5, 5.41) is 3.11. The molecule has 3 aromatic rings. The monoisotopic (exact) mass is 417 g/mol. The van der Waals surface area contributed by atoms with Crippen molar-refractivity contribution in [3.63, 3.8) is 0 Å². The van der Waals surface area contributed by atoms with Gasteiger partial charge in [0.2, 0.25) is 0 Å². The molecule has 1 N–H and O–H groups in total. The third kappa shape index (κ3) is 4.98. The van der Waals surface area contributed by atoms with E-state index in [1.807, 2.05) is 42.2 Å². The molecule has 5 nitrogen and oxygen atoms in total. The Bertz CT molecular complexity index is 1110. The van der Waals surface area contributed by atoms with Gasteiger partial charge in [-0.25, -0.2) is 9.37 Å². The lowest BCUT2D eigenvalue weighted by atomic mass is 10.0. The van der Waals surface area contributed by atoms with Crippen LogP contribution in [0.4, 0.5) is 10.2 Å². The maximum Gasteiger partial charge on any atom is 0.254 e. The second-order valence-corrected chi connectivity index (χ2v) is 7.37. The molecule has 0 unspecified atom stereocenters. The highest BCUT2D eigenvalue weighted by Gasteiger charge is 2.18. The summed E-state index contributed by atoms with van der Waals surface area (Å²) >= 11 is 0. The Morgan fingerprint density at radius 1 is 1.10 bits per heavy atom. The Hall–Kier alpha value is -3.51. The van der Waals surface area contributed by atoms with Crippen molar-refractivity contribution in [2.75, 3.05) is 31.6 Å². The van der Waals surface area contributed by atoms with Gasteiger partial charge in [0.05, 0.1) is 13.2 Å². The molecule has 0 atom stereocenters. The van der Waals surface area contributed by atoms with E-state index in [0.717, 1.165) is 16.7 Å². The topological polar surface area (TPSA) is 54.5 Å². The minimum absolute atomic E-state index is 0.0198. The molecular weight excluding hydrogens is 393 g/mol. The zero-order valence-corrected chi connectivity index (χ0v) is 17.3. The lowest BCUT2D eigenvalue weighted by Gasteiger charge is -2.27. The number of aromatic nitrogens is 1. The molecule has 0 spiro atoms. The summed E-state index contributed by atoms with van der Waals surface area (Å²) in [6, 6.07) is 16.2. The van der Waals surface area contributed by atoms with Gasteiger partial charge in [-0.05, 0) is 48.4 Å². The predicted molar refractivity (Wildman–Crippen MR) is 120 cm³/mol. The molecule has 1 amide bonds. The van der Waals surface area contributed by atoms with Crippen molar-refractivity contribution in [2.24, 2.45) is 0 Å². The van der Waals surface area contributed by atoms with Gasteiger partial charge in [-0.3, -0.25) is 4.79 Å². The molecule has 1 saturated heterocycles. The van der Waals surface area contributed by atoms with Crippen molar-refractivity contribution in [1.82, 2.24) is 9.88 Å². The minimum atomic E-state index is -0.271. The summed E-state index contributed by atoms with van der Waals surface area (Å²) in [5.74, 6) is 0.440. The number of hydrogen-bond acceptors (Lipinski definition) is 4. The third-order valence-electron chi connectivity index (χ3n) is 5.21. The molecule has 0 saturated carbocycles. The van der Waals surface area contributed by atoms with Crippen LogP contribution < -0.4 is 5.32 Å². The van der Waals surface area contributed by atoms with E-state index >= 15 is 0 Å². The van der Waals surface area contributed by atoms with E-state index in [2.05, 4.69) is 10.3 Å². The number of pyridine rings is 1. The van der Waals surface area contributed by atoms with E-state index in [1.165, 1.54) is 6.07 Å². The summed E-state index contributed by atoms with van der Waals surface area (Å²) in [6.45, 7) is 4.34. The summed E-state index contributed by atoms with van der Waals surface area (Å²) in [4.78, 5) is 19.1. The molecule has 0 radical (unpaired) electrons. The first-order chi connectivity index (χ1) is 15.1. The van der Waals surface area contributed by atoms with Crippen LogP contribution in [0, 0.1) is 12.7 Å². The fourth-order valence-electron chi connectivity index (χ4n) is 3.49. The van der Waals surface area contributed by atoms with Gasteiger partial charge in [0.25, 0.3) is 5.91 Å². The molecular formula is C25H24FN3O2. The van der Waals surface area contributed by atoms with Crippen LogP contribution in [0.25, 0.3) is 17.2 Å². The van der Waals surface area contributed by atoms with Gasteiger partial charge in [0.15, 0.2) is 0 Å². The number of anilines is 1. The Balaban J connectivity index is 1.49. The quantitative estimate of drug-likeness (QED) is 0.651. The number of carbonyl (C=O) groups excluding carboxylic acids is 1. The number of nitrogens with one attached hydrogen (secondary N) is 1. The van der Waals surface area contributed by atoms with Crippen molar-refractivity contribution >= 4 is 17.8 Å². The predicted octanol–water partition coefficient (Wildman–Crippen LogP) is 4.75. The van der Waals surface area contributed by atoms with E-state index < -0.39 is 0 Å². The molecule has 2 aromatic carbocycles. The van der Waals surface area contributed by atoms with Crippen LogP contribution >= 0.6 is 0 Å². The van der Waals surface area contributed by atoms with E-state index in [4.69, 9.17) is 4.74 Å². The van der Waals surface area contributed by atoms with E-state index in [-0.39, 0.29) is 11.7 Å². The number of ether oxygens (including phenoxy) is 1. The van der Waals surface area contributed by atoms with Gasteiger partial charge in [-0.15, -0.1) is 0 Å². The summed E-state index contributed by atoms with van der Waals surface area (Å²) in [6.07, 6.45) is 5.12. The number of hydrogen-bond donors (Lipinski definition) is 1. The van der Waals surface area contributed by atoms with Crippen molar-refractivity contribution in [3.8, 4) is 11.1 Å². The number of rotatable bonds is 5. The molecule has 4 rings (SSSR count). The van der Waals surface area contributed by atoms with Crippen LogP contribution in [0.15, 0.2) is 67.0 Å². The standard InChI is InChI=1S/C25H24FN3O2/c1-18-15-22(17-28-24(18)27-10-9-19-5-2-3-8-23(19)26)20-6-4-7-21(16-20)25(30)29-11-13-31-14-12-29/h2-10,15-17H,11-14H2,1H3,(H,27,28)/b10-9+. The Kier molecular flexibility index (Phi) is 6.38. The largest absolute Gasteiger partial charge is 0.378 e. The average Bonchev–Trinajstić information content (AvgIpc) is 2.81. The van der Waals surface area contributed by atoms with Crippen LogP contribution in [0.1, 0.15) is 21.5 Å². The number of benzene rings is 2. The Morgan fingerprint density at radius 3 is 2.68 bits per heavy atom. The summed E-state index contributed by atoms with van der Waals surface area (Å²) in [7, 11) is 0. The first-order valence-corrected chi connectivity index (χ1v) is 10.2. The van der Waals surface area contributed by atoms with Gasteiger partial charge in [-0.1, -0.05) is 30.3 Å². The molecule has 1 aromatic heterocycles. The van der Waals surface area contributed by atoms with Crippen molar-refractivity contribution in [2.45, 2.75) is 6.92 Å². The summed E-state index contributed by atoms with van der Waals surface area (Å²) < 4.78 is 19.0. The molecule has 0 aliphatic carbocycles. The second kappa shape index (κ2) is 9.53. The van der Waals surface area contributed by atoms with Gasteiger partial charge in [0.1, 0.15) is 11.6 Å². The van der Waals surface area contributed by atoms with E-state index in [1.54, 1.807) is 36.7 Å². The number of aryl methyl sites for hydroxylation is 1. The highest BCUT2D eigenvalue weighted by molar-refractivity contribution is 5.95. The number of nitrogens with zero attached hydrogens (tertiary/aromatic N) is 2. The number of carbonyl (C=O) groups is 1. The Morgan fingerprint density at radius 2 is 1.90 bits per heavy atom. The minimum Gasteiger partial charge on any atom is -0.378 e. The van der Waals surface area contributed by atoms with Crippen LogP contribution in [-0.4, -0.2) is 42.1 Å². The van der Waals surface area contributed by atoms with Gasteiger partial charge >= 0.3 is 0 Å². The molecule has 31 heavy (non-hydrogen) atoms. The highest BCUT2D eigenvalue weighted by atomic mass is 19.1. The number of halogens is 1. The second-order valence-electron chi connectivity index (χ2n) is 7.37. The number of morpholine rings is 1. The van der Waals surface area contributed by atoms with Gasteiger partial charge < -0.3 is 15.0 Å². The molecule has 2 heterocycles. The molecule has 158 valence electrons. The van der Waals surface area contributed by atoms with Gasteiger partial charge in [0, 0.05) is 42.2 Å². The smallest absolute Gasteiger partial charge is 0.254 e. The van der Waals surface area contributed by atoms with E-state index in [9.17, 15) is 9.18 Å². The zero-order valence-electron chi connectivity index (χ0n) is 17.3. The van der Waals surface area contributed by atoms with Crippen LogP contribution in [0.3, 0.4) is 0 Å². The van der Waals surface area contributed by atoms with Gasteiger partial charge in [-0.2, -0.15) is 0 Å². The molecule has 0 bridgehead atoms. The fourth-order valence-corrected chi connectivity index (χ4v) is 3.49. The fraction of sp³-hybridized carbons (Fsp3) is 0.200. The first kappa shape index (κ1) is 20.8. The number of amides is 1. The summed E-state index contributed by atoms with van der Waals surface area (Å²) in [5.41, 5.74) is 3.97. The normalized spacial score (nSPS) is 14.1. The van der Waals surface area contributed by atoms with Crippen molar-refractivity contribution < 1.29 is 13.9 Å². The molecule has 1 aliphatic heterocycles. The molecule has 1 aliphatic rings. The SMILES string of the molecule is Cc1cc(-c2cccc(C(=O)N3CCOCC3)c2)cnc1N/C=C/c1ccccc1F. The molecule has 1 fully saturated rings.